The monoisotopic (exact) mass is 392 g/mol. The first-order chi connectivity index (χ1) is 11.0. The normalized spacial score (nSPS) is 11.3. The number of aromatic nitrogens is 6. The third-order valence-corrected chi connectivity index (χ3v) is 4.28. The molecule has 0 fully saturated rings. The van der Waals surface area contributed by atoms with Gasteiger partial charge in [0.25, 0.3) is 0 Å². The minimum absolute atomic E-state index is 0.495. The van der Waals surface area contributed by atoms with Crippen LogP contribution in [0.5, 0.6) is 0 Å². The molecule has 0 atom stereocenters. The first kappa shape index (κ1) is 16.2. The highest BCUT2D eigenvalue weighted by atomic mass is 79.9. The summed E-state index contributed by atoms with van der Waals surface area (Å²) in [6.45, 7) is 5.66. The minimum Gasteiger partial charge on any atom is -0.258 e. The van der Waals surface area contributed by atoms with Crippen LogP contribution in [0.1, 0.15) is 19.4 Å². The molecule has 120 valence electrons. The first-order valence-corrected chi connectivity index (χ1v) is 8.54. The van der Waals surface area contributed by atoms with Gasteiger partial charge in [0.05, 0.1) is 18.3 Å². The molecule has 0 spiro atoms. The second kappa shape index (κ2) is 6.84. The average Bonchev–Trinajstić information content (AvgIpc) is 3.09. The highest BCUT2D eigenvalue weighted by Gasteiger charge is 2.15. The SMILES string of the molecule is CC(C)Cn1ncc(-c2nnn(Cc3ccc(Br)cc3)n2)c1S. The first-order valence-electron chi connectivity index (χ1n) is 7.30. The molecular formula is C15H17BrN6S. The second-order valence-electron chi connectivity index (χ2n) is 5.73. The molecule has 0 amide bonds. The molecule has 0 N–H and O–H groups in total. The Hall–Kier alpha value is -1.67. The maximum atomic E-state index is 4.55. The van der Waals surface area contributed by atoms with Crippen LogP contribution in [0.25, 0.3) is 11.4 Å². The standard InChI is InChI=1S/C15H17BrN6S/c1-10(2)8-21-15(23)13(7-17-21)14-18-20-22(19-14)9-11-3-5-12(16)6-4-11/h3-7,10,23H,8-9H2,1-2H3. The van der Waals surface area contributed by atoms with Crippen molar-refractivity contribution in [1.29, 1.82) is 0 Å². The van der Waals surface area contributed by atoms with E-state index in [1.54, 1.807) is 11.0 Å². The fourth-order valence-corrected chi connectivity index (χ4v) is 2.74. The molecule has 0 unspecified atom stereocenters. The summed E-state index contributed by atoms with van der Waals surface area (Å²) in [6.07, 6.45) is 1.74. The van der Waals surface area contributed by atoms with E-state index in [0.717, 1.165) is 27.2 Å². The Bertz CT molecular complexity index is 793. The van der Waals surface area contributed by atoms with E-state index in [2.05, 4.69) is 62.9 Å². The van der Waals surface area contributed by atoms with Crippen molar-refractivity contribution in [3.8, 4) is 11.4 Å². The van der Waals surface area contributed by atoms with Crippen molar-refractivity contribution in [2.24, 2.45) is 5.92 Å². The zero-order valence-electron chi connectivity index (χ0n) is 12.9. The zero-order chi connectivity index (χ0) is 16.4. The van der Waals surface area contributed by atoms with Gasteiger partial charge in [-0.15, -0.1) is 22.8 Å². The van der Waals surface area contributed by atoms with Crippen molar-refractivity contribution in [2.75, 3.05) is 0 Å². The maximum absolute atomic E-state index is 4.55. The number of hydrogen-bond acceptors (Lipinski definition) is 5. The van der Waals surface area contributed by atoms with E-state index in [1.807, 2.05) is 28.9 Å². The van der Waals surface area contributed by atoms with Crippen molar-refractivity contribution in [1.82, 2.24) is 30.0 Å². The van der Waals surface area contributed by atoms with Crippen molar-refractivity contribution < 1.29 is 0 Å². The van der Waals surface area contributed by atoms with Gasteiger partial charge in [-0.3, -0.25) is 4.68 Å². The predicted molar refractivity (Wildman–Crippen MR) is 94.4 cm³/mol. The van der Waals surface area contributed by atoms with Gasteiger partial charge < -0.3 is 0 Å². The van der Waals surface area contributed by atoms with Crippen molar-refractivity contribution >= 4 is 28.6 Å². The summed E-state index contributed by atoms with van der Waals surface area (Å²) < 4.78 is 2.91. The number of tetrazole rings is 1. The van der Waals surface area contributed by atoms with Crippen LogP contribution in [0.3, 0.4) is 0 Å². The molecule has 8 heteroatoms. The van der Waals surface area contributed by atoms with Crippen LogP contribution in [0.4, 0.5) is 0 Å². The van der Waals surface area contributed by atoms with Gasteiger partial charge in [0, 0.05) is 11.0 Å². The molecular weight excluding hydrogens is 376 g/mol. The second-order valence-corrected chi connectivity index (χ2v) is 7.07. The number of nitrogens with zero attached hydrogens (tertiary/aromatic N) is 6. The predicted octanol–water partition coefficient (Wildman–Crippen LogP) is 3.29. The molecule has 2 aromatic heterocycles. The van der Waals surface area contributed by atoms with Crippen LogP contribution in [0.2, 0.25) is 0 Å². The maximum Gasteiger partial charge on any atom is 0.209 e. The molecule has 0 radical (unpaired) electrons. The smallest absolute Gasteiger partial charge is 0.209 e. The number of hydrogen-bond donors (Lipinski definition) is 1. The molecule has 23 heavy (non-hydrogen) atoms. The summed E-state index contributed by atoms with van der Waals surface area (Å²) in [5.74, 6) is 1.04. The fourth-order valence-electron chi connectivity index (χ4n) is 2.19. The Morgan fingerprint density at radius 2 is 1.96 bits per heavy atom. The van der Waals surface area contributed by atoms with Crippen molar-refractivity contribution in [3.63, 3.8) is 0 Å². The minimum atomic E-state index is 0.495. The van der Waals surface area contributed by atoms with Crippen molar-refractivity contribution in [3.05, 3.63) is 40.5 Å². The third-order valence-electron chi connectivity index (χ3n) is 3.28. The summed E-state index contributed by atoms with van der Waals surface area (Å²) in [5, 5.41) is 17.8. The number of halogens is 1. The van der Waals surface area contributed by atoms with Crippen molar-refractivity contribution in [2.45, 2.75) is 32.0 Å². The molecule has 0 aliphatic rings. The molecule has 0 aliphatic heterocycles. The molecule has 0 saturated heterocycles. The largest absolute Gasteiger partial charge is 0.258 e. The van der Waals surface area contributed by atoms with Crippen LogP contribution in [-0.2, 0) is 13.1 Å². The zero-order valence-corrected chi connectivity index (χ0v) is 15.4. The van der Waals surface area contributed by atoms with Gasteiger partial charge in [-0.1, -0.05) is 41.9 Å². The summed E-state index contributed by atoms with van der Waals surface area (Å²) in [7, 11) is 0. The van der Waals surface area contributed by atoms with Crippen LogP contribution in [-0.4, -0.2) is 30.0 Å². The summed E-state index contributed by atoms with van der Waals surface area (Å²) in [6, 6.07) is 8.04. The molecule has 1 aromatic carbocycles. The number of thiol groups is 1. The topological polar surface area (TPSA) is 61.4 Å². The molecule has 3 rings (SSSR count). The number of benzene rings is 1. The Balaban J connectivity index is 1.79. The van der Waals surface area contributed by atoms with E-state index in [1.165, 1.54) is 0 Å². The van der Waals surface area contributed by atoms with Crippen LogP contribution < -0.4 is 0 Å². The van der Waals surface area contributed by atoms with E-state index in [9.17, 15) is 0 Å². The quantitative estimate of drug-likeness (QED) is 0.676. The van der Waals surface area contributed by atoms with E-state index in [0.29, 0.717) is 18.3 Å². The van der Waals surface area contributed by atoms with Gasteiger partial charge in [-0.2, -0.15) is 9.90 Å². The van der Waals surface area contributed by atoms with Gasteiger partial charge in [0.2, 0.25) is 5.82 Å². The molecule has 2 heterocycles. The van der Waals surface area contributed by atoms with Crippen LogP contribution in [0.15, 0.2) is 40.0 Å². The van der Waals surface area contributed by atoms with Gasteiger partial charge in [0.15, 0.2) is 0 Å². The molecule has 0 saturated carbocycles. The highest BCUT2D eigenvalue weighted by molar-refractivity contribution is 9.10. The van der Waals surface area contributed by atoms with E-state index in [4.69, 9.17) is 0 Å². The van der Waals surface area contributed by atoms with Gasteiger partial charge in [-0.25, -0.2) is 0 Å². The van der Waals surface area contributed by atoms with Gasteiger partial charge >= 0.3 is 0 Å². The number of rotatable bonds is 5. The summed E-state index contributed by atoms with van der Waals surface area (Å²) >= 11 is 7.97. The summed E-state index contributed by atoms with van der Waals surface area (Å²) in [5.41, 5.74) is 1.91. The molecule has 3 aromatic rings. The Labute approximate surface area is 148 Å². The Kier molecular flexibility index (Phi) is 4.82. The lowest BCUT2D eigenvalue weighted by molar-refractivity contribution is 0.457. The van der Waals surface area contributed by atoms with Gasteiger partial charge in [0.1, 0.15) is 5.03 Å². The molecule has 0 bridgehead atoms. The Morgan fingerprint density at radius 3 is 2.65 bits per heavy atom. The van der Waals surface area contributed by atoms with Gasteiger partial charge in [-0.05, 0) is 28.8 Å². The lowest BCUT2D eigenvalue weighted by Crippen LogP contribution is -2.06. The van der Waals surface area contributed by atoms with Crippen LogP contribution in [0, 0.1) is 5.92 Å². The van der Waals surface area contributed by atoms with E-state index in [-0.39, 0.29) is 0 Å². The van der Waals surface area contributed by atoms with Crippen LogP contribution >= 0.6 is 28.6 Å². The molecule has 0 aliphatic carbocycles. The van der Waals surface area contributed by atoms with E-state index >= 15 is 0 Å². The fraction of sp³-hybridized carbons (Fsp3) is 0.333. The Morgan fingerprint density at radius 1 is 1.22 bits per heavy atom. The lowest BCUT2D eigenvalue weighted by atomic mass is 10.2. The lowest BCUT2D eigenvalue weighted by Gasteiger charge is -2.06. The molecule has 6 nitrogen and oxygen atoms in total. The average molecular weight is 393 g/mol. The van der Waals surface area contributed by atoms with E-state index < -0.39 is 0 Å². The summed E-state index contributed by atoms with van der Waals surface area (Å²) in [4.78, 5) is 1.57. The highest BCUT2D eigenvalue weighted by Crippen LogP contribution is 2.23. The third kappa shape index (κ3) is 3.81.